The first-order valence-corrected chi connectivity index (χ1v) is 4.87. The lowest BCUT2D eigenvalue weighted by Crippen LogP contribution is -2.08. The van der Waals surface area contributed by atoms with Gasteiger partial charge >= 0.3 is 0 Å². The van der Waals surface area contributed by atoms with Gasteiger partial charge in [-0.15, -0.1) is 0 Å². The van der Waals surface area contributed by atoms with Gasteiger partial charge in [-0.3, -0.25) is 9.48 Å². The maximum atomic E-state index is 12.0. The number of hydrogen-bond donors (Lipinski definition) is 0. The number of ketones is 1. The number of aryl methyl sites for hydroxylation is 1. The number of methoxy groups -OCH3 is 1. The predicted molar refractivity (Wildman–Crippen MR) is 56.9 cm³/mol. The van der Waals surface area contributed by atoms with Gasteiger partial charge in [0.15, 0.2) is 22.4 Å². The summed E-state index contributed by atoms with van der Waals surface area (Å²) in [5.74, 6) is 0.246. The molecular weight excluding hydrogens is 232 g/mol. The summed E-state index contributed by atoms with van der Waals surface area (Å²) in [6.07, 6.45) is 1.47. The highest BCUT2D eigenvalue weighted by atomic mass is 35.5. The van der Waals surface area contributed by atoms with Crippen LogP contribution in [-0.2, 0) is 7.05 Å². The maximum Gasteiger partial charge on any atom is 0.250 e. The second-order valence-electron chi connectivity index (χ2n) is 3.12. The van der Waals surface area contributed by atoms with Gasteiger partial charge in [0.25, 0.3) is 0 Å². The second kappa shape index (κ2) is 4.02. The molecule has 2 heterocycles. The zero-order valence-electron chi connectivity index (χ0n) is 8.73. The molecule has 0 radical (unpaired) electrons. The van der Waals surface area contributed by atoms with Crippen molar-refractivity contribution < 1.29 is 13.9 Å². The van der Waals surface area contributed by atoms with Gasteiger partial charge in [0.1, 0.15) is 0 Å². The Kier molecular flexibility index (Phi) is 2.70. The number of rotatable bonds is 3. The molecule has 2 rings (SSSR count). The molecule has 0 unspecified atom stereocenters. The lowest BCUT2D eigenvalue weighted by atomic mass is 10.2. The number of halogens is 1. The lowest BCUT2D eigenvalue weighted by molar-refractivity contribution is 0.0997. The fourth-order valence-corrected chi connectivity index (χ4v) is 1.52. The molecule has 0 saturated carbocycles. The zero-order valence-corrected chi connectivity index (χ0v) is 9.49. The van der Waals surface area contributed by atoms with Crippen molar-refractivity contribution in [3.63, 3.8) is 0 Å². The van der Waals surface area contributed by atoms with Crippen molar-refractivity contribution in [3.8, 4) is 5.75 Å². The van der Waals surface area contributed by atoms with Crippen LogP contribution in [0.3, 0.4) is 0 Å². The Hall–Kier alpha value is -1.75. The molecule has 0 aromatic carbocycles. The van der Waals surface area contributed by atoms with Gasteiger partial charge in [0, 0.05) is 7.05 Å². The van der Waals surface area contributed by atoms with E-state index in [2.05, 4.69) is 5.10 Å². The molecule has 84 valence electrons. The third-order valence-corrected chi connectivity index (χ3v) is 2.34. The highest BCUT2D eigenvalue weighted by Gasteiger charge is 2.22. The van der Waals surface area contributed by atoms with Gasteiger partial charge < -0.3 is 9.15 Å². The predicted octanol–water partition coefficient (Wildman–Crippen LogP) is 1.91. The first-order valence-electron chi connectivity index (χ1n) is 4.49. The van der Waals surface area contributed by atoms with Crippen LogP contribution in [0.4, 0.5) is 0 Å². The molecule has 0 bridgehead atoms. The minimum Gasteiger partial charge on any atom is -0.493 e. The molecule has 0 fully saturated rings. The summed E-state index contributed by atoms with van der Waals surface area (Å²) in [6.45, 7) is 0. The molecule has 0 atom stereocenters. The van der Waals surface area contributed by atoms with Crippen LogP contribution in [0.5, 0.6) is 5.75 Å². The molecule has 6 heteroatoms. The van der Waals surface area contributed by atoms with Gasteiger partial charge in [-0.05, 0) is 23.7 Å². The fraction of sp³-hybridized carbons (Fsp3) is 0.200. The van der Waals surface area contributed by atoms with E-state index < -0.39 is 0 Å². The van der Waals surface area contributed by atoms with Crippen LogP contribution >= 0.6 is 11.6 Å². The number of nitrogens with zero attached hydrogens (tertiary/aromatic N) is 2. The van der Waals surface area contributed by atoms with Gasteiger partial charge in [-0.2, -0.15) is 5.10 Å². The van der Waals surface area contributed by atoms with Crippen LogP contribution in [0.25, 0.3) is 0 Å². The maximum absolute atomic E-state index is 12.0. The van der Waals surface area contributed by atoms with Crippen molar-refractivity contribution in [1.29, 1.82) is 0 Å². The van der Waals surface area contributed by atoms with E-state index in [-0.39, 0.29) is 16.8 Å². The number of carbonyl (C=O) groups is 1. The van der Waals surface area contributed by atoms with E-state index in [0.717, 1.165) is 0 Å². The Bertz CT molecular complexity index is 530. The molecule has 2 aromatic rings. The second-order valence-corrected chi connectivity index (χ2v) is 3.49. The lowest BCUT2D eigenvalue weighted by Gasteiger charge is -2.01. The van der Waals surface area contributed by atoms with E-state index in [1.54, 1.807) is 7.05 Å². The van der Waals surface area contributed by atoms with E-state index in [9.17, 15) is 4.79 Å². The molecule has 5 nitrogen and oxygen atoms in total. The minimum atomic E-state index is -0.316. The minimum absolute atomic E-state index is 0.159. The summed E-state index contributed by atoms with van der Waals surface area (Å²) < 4.78 is 11.5. The molecule has 0 spiro atoms. The molecule has 0 amide bonds. The third kappa shape index (κ3) is 1.69. The summed E-state index contributed by atoms with van der Waals surface area (Å²) in [4.78, 5) is 12.0. The summed E-state index contributed by atoms with van der Waals surface area (Å²) in [7, 11) is 3.13. The van der Waals surface area contributed by atoms with E-state index in [1.807, 2.05) is 0 Å². The van der Waals surface area contributed by atoms with Crippen LogP contribution in [0, 0.1) is 0 Å². The van der Waals surface area contributed by atoms with Crippen LogP contribution in [-0.4, -0.2) is 22.7 Å². The number of hydrogen-bond acceptors (Lipinski definition) is 4. The number of furan rings is 1. The summed E-state index contributed by atoms with van der Waals surface area (Å²) >= 11 is 5.61. The van der Waals surface area contributed by atoms with Crippen molar-refractivity contribution in [1.82, 2.24) is 9.78 Å². The zero-order chi connectivity index (χ0) is 11.7. The first-order chi connectivity index (χ1) is 7.63. The number of ether oxygens (including phenoxy) is 1. The van der Waals surface area contributed by atoms with Crippen LogP contribution in [0.15, 0.2) is 22.7 Å². The normalized spacial score (nSPS) is 10.4. The van der Waals surface area contributed by atoms with Crippen LogP contribution < -0.4 is 4.74 Å². The number of carbonyl (C=O) groups excluding carboxylic acids is 1. The Morgan fingerprint density at radius 1 is 1.56 bits per heavy atom. The molecule has 0 aliphatic carbocycles. The average molecular weight is 241 g/mol. The van der Waals surface area contributed by atoms with Gasteiger partial charge in [-0.25, -0.2) is 0 Å². The first kappa shape index (κ1) is 10.8. The van der Waals surface area contributed by atoms with Crippen molar-refractivity contribution >= 4 is 17.4 Å². The monoisotopic (exact) mass is 240 g/mol. The number of aromatic nitrogens is 2. The largest absolute Gasteiger partial charge is 0.493 e. The molecule has 0 N–H and O–H groups in total. The van der Waals surface area contributed by atoms with E-state index in [1.165, 1.54) is 30.1 Å². The Labute approximate surface area is 96.6 Å². The Morgan fingerprint density at radius 2 is 2.31 bits per heavy atom. The highest BCUT2D eigenvalue weighted by Crippen LogP contribution is 2.22. The van der Waals surface area contributed by atoms with Gasteiger partial charge in [-0.1, -0.05) is 0 Å². The van der Waals surface area contributed by atoms with E-state index in [4.69, 9.17) is 20.8 Å². The van der Waals surface area contributed by atoms with Crippen molar-refractivity contribution in [2.75, 3.05) is 7.11 Å². The molecule has 0 saturated heterocycles. The van der Waals surface area contributed by atoms with Gasteiger partial charge in [0.2, 0.25) is 5.78 Å². The quantitative estimate of drug-likeness (QED) is 0.769. The smallest absolute Gasteiger partial charge is 0.250 e. The highest BCUT2D eigenvalue weighted by molar-refractivity contribution is 6.29. The van der Waals surface area contributed by atoms with Crippen LogP contribution in [0.1, 0.15) is 16.2 Å². The molecule has 2 aromatic heterocycles. The van der Waals surface area contributed by atoms with Crippen molar-refractivity contribution in [2.45, 2.75) is 0 Å². The van der Waals surface area contributed by atoms with E-state index >= 15 is 0 Å². The summed E-state index contributed by atoms with van der Waals surface area (Å²) in [5.41, 5.74) is 0.327. The summed E-state index contributed by atoms with van der Waals surface area (Å²) in [6, 6.07) is 3.02. The third-order valence-electron chi connectivity index (χ3n) is 2.14. The molecule has 0 aliphatic rings. The van der Waals surface area contributed by atoms with Crippen LogP contribution in [0.2, 0.25) is 5.22 Å². The topological polar surface area (TPSA) is 57.3 Å². The standard InChI is InChI=1S/C10H9ClN2O3/c1-13-9(7(15-2)5-12-13)10(14)6-3-4-8(11)16-6/h3-5H,1-2H3. The molecule has 16 heavy (non-hydrogen) atoms. The Morgan fingerprint density at radius 3 is 2.88 bits per heavy atom. The van der Waals surface area contributed by atoms with E-state index in [0.29, 0.717) is 11.4 Å². The van der Waals surface area contributed by atoms with Gasteiger partial charge in [0.05, 0.1) is 13.3 Å². The average Bonchev–Trinajstić information content (AvgIpc) is 2.83. The Balaban J connectivity index is 2.44. The molecular formula is C10H9ClN2O3. The fourth-order valence-electron chi connectivity index (χ4n) is 1.38. The van der Waals surface area contributed by atoms with Crippen molar-refractivity contribution in [2.24, 2.45) is 7.05 Å². The van der Waals surface area contributed by atoms with Crippen molar-refractivity contribution in [3.05, 3.63) is 35.0 Å². The summed E-state index contributed by atoms with van der Waals surface area (Å²) in [5, 5.41) is 4.11. The molecule has 0 aliphatic heterocycles. The SMILES string of the molecule is COc1cnn(C)c1C(=O)c1ccc(Cl)o1.